The van der Waals surface area contributed by atoms with Crippen LogP contribution in [0.5, 0.6) is 0 Å². The molecule has 148 valence electrons. The highest BCUT2D eigenvalue weighted by molar-refractivity contribution is 7.71. The molecule has 29 heavy (non-hydrogen) atoms. The number of nitrogens with one attached hydrogen (secondary N) is 1. The van der Waals surface area contributed by atoms with Gasteiger partial charge in [0.05, 0.1) is 29.6 Å². The van der Waals surface area contributed by atoms with E-state index in [0.717, 1.165) is 22.2 Å². The first-order valence-electron chi connectivity index (χ1n) is 9.78. The van der Waals surface area contributed by atoms with Crippen LogP contribution in [0, 0.1) is 18.5 Å². The van der Waals surface area contributed by atoms with Crippen LogP contribution in [0.15, 0.2) is 53.3 Å². The predicted octanol–water partition coefficient (Wildman–Crippen LogP) is 4.70. The second kappa shape index (κ2) is 7.89. The molecule has 0 unspecified atom stereocenters. The summed E-state index contributed by atoms with van der Waals surface area (Å²) >= 11 is 5.70. The van der Waals surface area contributed by atoms with Crippen LogP contribution >= 0.6 is 12.2 Å². The van der Waals surface area contributed by atoms with Gasteiger partial charge in [0.15, 0.2) is 0 Å². The van der Waals surface area contributed by atoms with Gasteiger partial charge in [0, 0.05) is 5.39 Å². The molecule has 2 aromatic heterocycles. The van der Waals surface area contributed by atoms with Gasteiger partial charge in [0.25, 0.3) is 5.56 Å². The average Bonchev–Trinajstić information content (AvgIpc) is 2.70. The van der Waals surface area contributed by atoms with Gasteiger partial charge < -0.3 is 9.55 Å². The minimum absolute atomic E-state index is 0.102. The summed E-state index contributed by atoms with van der Waals surface area (Å²) in [5.74, 6) is 0.662. The molecular weight excluding hydrogens is 380 g/mol. The number of pyridine rings is 1. The lowest BCUT2D eigenvalue weighted by Crippen LogP contribution is -2.28. The molecule has 5 nitrogen and oxygen atoms in total. The molecule has 0 saturated heterocycles. The number of aryl methyl sites for hydroxylation is 2. The minimum atomic E-state index is -0.102. The molecule has 0 aliphatic carbocycles. The van der Waals surface area contributed by atoms with E-state index in [-0.39, 0.29) is 5.56 Å². The SMILES string of the molecule is CCN(Cc1nc2ccccc2c(=O)[nH]1)Cn1c(=S)cc(C)c2cccc(C)c21. The third-order valence-electron chi connectivity index (χ3n) is 5.36. The topological polar surface area (TPSA) is 53.9 Å². The van der Waals surface area contributed by atoms with E-state index in [0.29, 0.717) is 24.4 Å². The van der Waals surface area contributed by atoms with Crippen molar-refractivity contribution in [3.8, 4) is 0 Å². The lowest BCUT2D eigenvalue weighted by Gasteiger charge is -2.24. The maximum atomic E-state index is 12.4. The summed E-state index contributed by atoms with van der Waals surface area (Å²) < 4.78 is 2.98. The average molecular weight is 405 g/mol. The highest BCUT2D eigenvalue weighted by Gasteiger charge is 2.12. The van der Waals surface area contributed by atoms with Gasteiger partial charge in [-0.15, -0.1) is 0 Å². The molecule has 4 rings (SSSR count). The Labute approximate surface area is 174 Å². The Balaban J connectivity index is 1.72. The van der Waals surface area contributed by atoms with Gasteiger partial charge in [-0.2, -0.15) is 0 Å². The molecule has 0 aliphatic heterocycles. The molecule has 0 amide bonds. The molecule has 2 heterocycles. The number of aromatic nitrogens is 3. The van der Waals surface area contributed by atoms with Crippen LogP contribution in [0.1, 0.15) is 23.9 Å². The Morgan fingerprint density at radius 3 is 2.62 bits per heavy atom. The van der Waals surface area contributed by atoms with E-state index in [2.05, 4.69) is 64.5 Å². The Morgan fingerprint density at radius 2 is 1.83 bits per heavy atom. The zero-order valence-electron chi connectivity index (χ0n) is 16.9. The number of hydrogen-bond acceptors (Lipinski definition) is 4. The molecule has 0 bridgehead atoms. The summed E-state index contributed by atoms with van der Waals surface area (Å²) in [6, 6.07) is 15.8. The van der Waals surface area contributed by atoms with Crippen molar-refractivity contribution in [3.63, 3.8) is 0 Å². The summed E-state index contributed by atoms with van der Waals surface area (Å²) in [6.07, 6.45) is 0. The molecule has 0 spiro atoms. The minimum Gasteiger partial charge on any atom is -0.318 e. The van der Waals surface area contributed by atoms with Crippen molar-refractivity contribution < 1.29 is 0 Å². The van der Waals surface area contributed by atoms with Gasteiger partial charge in [-0.25, -0.2) is 4.98 Å². The maximum absolute atomic E-state index is 12.4. The number of nitrogens with zero attached hydrogens (tertiary/aromatic N) is 3. The Bertz CT molecular complexity index is 1320. The summed E-state index contributed by atoms with van der Waals surface area (Å²) in [4.78, 5) is 22.2. The van der Waals surface area contributed by atoms with Gasteiger partial charge in [-0.1, -0.05) is 49.5 Å². The van der Waals surface area contributed by atoms with Gasteiger partial charge in [0.1, 0.15) is 10.5 Å². The van der Waals surface area contributed by atoms with Crippen molar-refractivity contribution in [2.75, 3.05) is 6.54 Å². The summed E-state index contributed by atoms with van der Waals surface area (Å²) in [6.45, 7) is 8.30. The summed E-state index contributed by atoms with van der Waals surface area (Å²) in [5, 5.41) is 1.83. The lowest BCUT2D eigenvalue weighted by molar-refractivity contribution is 0.217. The van der Waals surface area contributed by atoms with Crippen LogP contribution < -0.4 is 5.56 Å². The molecule has 6 heteroatoms. The number of H-pyrrole nitrogens is 1. The van der Waals surface area contributed by atoms with Gasteiger partial charge >= 0.3 is 0 Å². The molecule has 0 atom stereocenters. The van der Waals surface area contributed by atoms with Crippen molar-refractivity contribution in [1.29, 1.82) is 0 Å². The van der Waals surface area contributed by atoms with Crippen LogP contribution in [0.3, 0.4) is 0 Å². The largest absolute Gasteiger partial charge is 0.318 e. The van der Waals surface area contributed by atoms with Crippen molar-refractivity contribution in [3.05, 3.63) is 80.5 Å². The zero-order chi connectivity index (χ0) is 20.5. The maximum Gasteiger partial charge on any atom is 0.258 e. The lowest BCUT2D eigenvalue weighted by atomic mass is 10.1. The quantitative estimate of drug-likeness (QED) is 0.490. The van der Waals surface area contributed by atoms with Gasteiger partial charge in [-0.05, 0) is 49.7 Å². The van der Waals surface area contributed by atoms with Crippen LogP contribution in [0.2, 0.25) is 0 Å². The fraction of sp³-hybridized carbons (Fsp3) is 0.261. The van der Waals surface area contributed by atoms with E-state index in [1.165, 1.54) is 16.5 Å². The summed E-state index contributed by atoms with van der Waals surface area (Å²) in [5.41, 5.74) is 4.17. The second-order valence-corrected chi connectivity index (χ2v) is 7.80. The first-order chi connectivity index (χ1) is 14.0. The third-order valence-corrected chi connectivity index (χ3v) is 5.70. The zero-order valence-corrected chi connectivity index (χ0v) is 17.7. The predicted molar refractivity (Wildman–Crippen MR) is 121 cm³/mol. The fourth-order valence-electron chi connectivity index (χ4n) is 3.81. The first kappa shape index (κ1) is 19.5. The van der Waals surface area contributed by atoms with Crippen LogP contribution in [-0.2, 0) is 13.2 Å². The number of rotatable bonds is 5. The van der Waals surface area contributed by atoms with E-state index < -0.39 is 0 Å². The first-order valence-corrected chi connectivity index (χ1v) is 10.2. The van der Waals surface area contributed by atoms with Crippen LogP contribution in [-0.4, -0.2) is 26.0 Å². The number of aromatic amines is 1. The molecule has 0 saturated carbocycles. The van der Waals surface area contributed by atoms with E-state index in [1.54, 1.807) is 6.07 Å². The van der Waals surface area contributed by atoms with Gasteiger partial charge in [-0.3, -0.25) is 9.69 Å². The van der Waals surface area contributed by atoms with Crippen molar-refractivity contribution >= 4 is 34.0 Å². The number of hydrogen-bond donors (Lipinski definition) is 1. The van der Waals surface area contributed by atoms with E-state index >= 15 is 0 Å². The number of fused-ring (bicyclic) bond motifs is 2. The van der Waals surface area contributed by atoms with Crippen LogP contribution in [0.4, 0.5) is 0 Å². The molecule has 0 fully saturated rings. The Hall–Kier alpha value is -2.83. The monoisotopic (exact) mass is 404 g/mol. The molecule has 4 aromatic rings. The normalized spacial score (nSPS) is 11.6. The van der Waals surface area contributed by atoms with E-state index in [9.17, 15) is 4.79 Å². The van der Waals surface area contributed by atoms with E-state index in [1.807, 2.05) is 18.2 Å². The third kappa shape index (κ3) is 3.73. The Kier molecular flexibility index (Phi) is 5.30. The molecule has 0 radical (unpaired) electrons. The Morgan fingerprint density at radius 1 is 1.07 bits per heavy atom. The van der Waals surface area contributed by atoms with Crippen molar-refractivity contribution in [2.45, 2.75) is 34.0 Å². The molecular formula is C23H24N4OS. The molecule has 2 aromatic carbocycles. The van der Waals surface area contributed by atoms with Crippen LogP contribution in [0.25, 0.3) is 21.8 Å². The molecule has 1 N–H and O–H groups in total. The summed E-state index contributed by atoms with van der Waals surface area (Å²) in [7, 11) is 0. The number of benzene rings is 2. The van der Waals surface area contributed by atoms with Gasteiger partial charge in [0.2, 0.25) is 0 Å². The highest BCUT2D eigenvalue weighted by Crippen LogP contribution is 2.23. The standard InChI is InChI=1S/C23H24N4OS/c1-4-26(13-20-24-19-11-6-5-9-18(19)23(28)25-20)14-27-21(29)12-16(3)17-10-7-8-15(2)22(17)27/h5-12H,4,13-14H2,1-3H3,(H,24,25,28). The molecule has 0 aliphatic rings. The van der Waals surface area contributed by atoms with E-state index in [4.69, 9.17) is 12.2 Å². The fourth-order valence-corrected chi connectivity index (χ4v) is 4.14. The number of para-hydroxylation sites is 2. The second-order valence-electron chi connectivity index (χ2n) is 7.38. The smallest absolute Gasteiger partial charge is 0.258 e. The van der Waals surface area contributed by atoms with Crippen molar-refractivity contribution in [2.24, 2.45) is 0 Å². The van der Waals surface area contributed by atoms with Crippen molar-refractivity contribution in [1.82, 2.24) is 19.4 Å². The highest BCUT2D eigenvalue weighted by atomic mass is 32.1.